The van der Waals surface area contributed by atoms with E-state index in [9.17, 15) is 0 Å². The lowest BCUT2D eigenvalue weighted by molar-refractivity contribution is 0.617. The average molecular weight is 232 g/mol. The van der Waals surface area contributed by atoms with Crippen LogP contribution in [0.4, 0.5) is 5.69 Å². The second-order valence-corrected chi connectivity index (χ2v) is 5.48. The van der Waals surface area contributed by atoms with Crippen LogP contribution < -0.4 is 10.2 Å². The molecule has 1 N–H and O–H groups in total. The summed E-state index contributed by atoms with van der Waals surface area (Å²) in [6, 6.07) is 9.76. The lowest BCUT2D eigenvalue weighted by atomic mass is 10.0. The number of rotatable bonds is 4. The smallest absolute Gasteiger partial charge is 0.0366 e. The fourth-order valence-electron chi connectivity index (χ4n) is 2.54. The third-order valence-electron chi connectivity index (χ3n) is 3.54. The standard InChI is InChI=1S/C15H24N2/c1-12(2)10-13-4-6-15(7-5-13)17-9-8-14(11-17)16-3/h4-7,12,14,16H,8-11H2,1-3H3. The van der Waals surface area contributed by atoms with Gasteiger partial charge in [-0.15, -0.1) is 0 Å². The highest BCUT2D eigenvalue weighted by Gasteiger charge is 2.20. The van der Waals surface area contributed by atoms with Crippen LogP contribution in [0.1, 0.15) is 25.8 Å². The van der Waals surface area contributed by atoms with Crippen LogP contribution in [0.2, 0.25) is 0 Å². The first-order chi connectivity index (χ1) is 8.19. The first-order valence-corrected chi connectivity index (χ1v) is 6.70. The predicted octanol–water partition coefficient (Wildman–Crippen LogP) is 2.68. The van der Waals surface area contributed by atoms with Crippen molar-refractivity contribution in [2.75, 3.05) is 25.0 Å². The van der Waals surface area contributed by atoms with E-state index in [0.717, 1.165) is 12.5 Å². The van der Waals surface area contributed by atoms with E-state index in [1.54, 1.807) is 0 Å². The normalized spacial score (nSPS) is 20.2. The summed E-state index contributed by atoms with van der Waals surface area (Å²) in [5.41, 5.74) is 2.82. The van der Waals surface area contributed by atoms with Crippen molar-refractivity contribution >= 4 is 5.69 Å². The molecule has 0 amide bonds. The molecule has 1 heterocycles. The zero-order chi connectivity index (χ0) is 12.3. The molecule has 1 saturated heterocycles. The third-order valence-corrected chi connectivity index (χ3v) is 3.54. The minimum absolute atomic E-state index is 0.658. The number of hydrogen-bond donors (Lipinski definition) is 1. The minimum Gasteiger partial charge on any atom is -0.370 e. The summed E-state index contributed by atoms with van der Waals surface area (Å²) in [6.45, 7) is 6.85. The summed E-state index contributed by atoms with van der Waals surface area (Å²) in [4.78, 5) is 2.47. The molecule has 17 heavy (non-hydrogen) atoms. The number of likely N-dealkylation sites (N-methyl/N-ethyl adjacent to an activating group) is 1. The molecular weight excluding hydrogens is 208 g/mol. The second kappa shape index (κ2) is 5.54. The van der Waals surface area contributed by atoms with Gasteiger partial charge in [0.15, 0.2) is 0 Å². The van der Waals surface area contributed by atoms with Gasteiger partial charge in [-0.2, -0.15) is 0 Å². The van der Waals surface area contributed by atoms with E-state index in [1.807, 2.05) is 0 Å². The van der Waals surface area contributed by atoms with Crippen LogP contribution in [0.5, 0.6) is 0 Å². The Kier molecular flexibility index (Phi) is 4.06. The van der Waals surface area contributed by atoms with Crippen LogP contribution >= 0.6 is 0 Å². The lowest BCUT2D eigenvalue weighted by Gasteiger charge is -2.19. The second-order valence-electron chi connectivity index (χ2n) is 5.48. The molecule has 0 bridgehead atoms. The molecule has 1 fully saturated rings. The quantitative estimate of drug-likeness (QED) is 0.858. The van der Waals surface area contributed by atoms with Crippen molar-refractivity contribution in [3.8, 4) is 0 Å². The Balaban J connectivity index is 1.98. The molecule has 0 aromatic heterocycles. The Morgan fingerprint density at radius 1 is 1.29 bits per heavy atom. The van der Waals surface area contributed by atoms with Gasteiger partial charge in [0, 0.05) is 24.8 Å². The highest BCUT2D eigenvalue weighted by Crippen LogP contribution is 2.21. The van der Waals surface area contributed by atoms with Gasteiger partial charge in [-0.25, -0.2) is 0 Å². The van der Waals surface area contributed by atoms with Crippen molar-refractivity contribution in [1.29, 1.82) is 0 Å². The van der Waals surface area contributed by atoms with Gasteiger partial charge in [0.1, 0.15) is 0 Å². The summed E-state index contributed by atoms with van der Waals surface area (Å²) < 4.78 is 0. The predicted molar refractivity (Wildman–Crippen MR) is 74.7 cm³/mol. The van der Waals surface area contributed by atoms with Gasteiger partial charge in [-0.3, -0.25) is 0 Å². The SMILES string of the molecule is CNC1CCN(c2ccc(CC(C)C)cc2)C1. The highest BCUT2D eigenvalue weighted by molar-refractivity contribution is 5.48. The fourth-order valence-corrected chi connectivity index (χ4v) is 2.54. The molecular formula is C15H24N2. The Hall–Kier alpha value is -1.02. The third kappa shape index (κ3) is 3.22. The van der Waals surface area contributed by atoms with E-state index in [4.69, 9.17) is 0 Å². The van der Waals surface area contributed by atoms with Crippen molar-refractivity contribution in [3.05, 3.63) is 29.8 Å². The molecule has 1 atom stereocenters. The molecule has 0 aliphatic carbocycles. The van der Waals surface area contributed by atoms with Gasteiger partial charge in [-0.1, -0.05) is 26.0 Å². The Morgan fingerprint density at radius 3 is 2.53 bits per heavy atom. The molecule has 1 aliphatic rings. The molecule has 2 nitrogen and oxygen atoms in total. The number of nitrogens with zero attached hydrogens (tertiary/aromatic N) is 1. The van der Waals surface area contributed by atoms with E-state index in [-0.39, 0.29) is 0 Å². The Bertz CT molecular complexity index is 342. The maximum absolute atomic E-state index is 3.36. The zero-order valence-corrected chi connectivity index (χ0v) is 11.2. The number of benzene rings is 1. The van der Waals surface area contributed by atoms with Crippen LogP contribution in [0.15, 0.2) is 24.3 Å². The van der Waals surface area contributed by atoms with Crippen LogP contribution in [0, 0.1) is 5.92 Å². The van der Waals surface area contributed by atoms with Gasteiger partial charge in [0.2, 0.25) is 0 Å². The molecule has 0 saturated carbocycles. The molecule has 1 aromatic rings. The average Bonchev–Trinajstić information content (AvgIpc) is 2.78. The topological polar surface area (TPSA) is 15.3 Å². The number of hydrogen-bond acceptors (Lipinski definition) is 2. The van der Waals surface area contributed by atoms with Crippen molar-refractivity contribution in [2.45, 2.75) is 32.7 Å². The van der Waals surface area contributed by atoms with Crippen molar-refractivity contribution < 1.29 is 0 Å². The fraction of sp³-hybridized carbons (Fsp3) is 0.600. The first-order valence-electron chi connectivity index (χ1n) is 6.70. The molecule has 1 aromatic carbocycles. The molecule has 0 spiro atoms. The summed E-state index contributed by atoms with van der Waals surface area (Å²) >= 11 is 0. The summed E-state index contributed by atoms with van der Waals surface area (Å²) in [5.74, 6) is 0.737. The van der Waals surface area contributed by atoms with Gasteiger partial charge < -0.3 is 10.2 Å². The molecule has 94 valence electrons. The summed E-state index contributed by atoms with van der Waals surface area (Å²) in [6.07, 6.45) is 2.43. The van der Waals surface area contributed by atoms with Gasteiger partial charge >= 0.3 is 0 Å². The highest BCUT2D eigenvalue weighted by atomic mass is 15.2. The Morgan fingerprint density at radius 2 is 2.00 bits per heavy atom. The van der Waals surface area contributed by atoms with E-state index in [0.29, 0.717) is 6.04 Å². The molecule has 0 radical (unpaired) electrons. The van der Waals surface area contributed by atoms with Crippen molar-refractivity contribution in [2.24, 2.45) is 5.92 Å². The maximum Gasteiger partial charge on any atom is 0.0366 e. The largest absolute Gasteiger partial charge is 0.370 e. The number of nitrogens with one attached hydrogen (secondary N) is 1. The van der Waals surface area contributed by atoms with Crippen LogP contribution in [0.25, 0.3) is 0 Å². The van der Waals surface area contributed by atoms with Crippen LogP contribution in [-0.2, 0) is 6.42 Å². The molecule has 2 heteroatoms. The van der Waals surface area contributed by atoms with E-state index >= 15 is 0 Å². The summed E-state index contributed by atoms with van der Waals surface area (Å²) in [7, 11) is 2.06. The van der Waals surface area contributed by atoms with Gasteiger partial charge in [0.25, 0.3) is 0 Å². The van der Waals surface area contributed by atoms with E-state index in [2.05, 4.69) is 55.4 Å². The monoisotopic (exact) mass is 232 g/mol. The molecule has 1 aliphatic heterocycles. The van der Waals surface area contributed by atoms with Gasteiger partial charge in [0.05, 0.1) is 0 Å². The lowest BCUT2D eigenvalue weighted by Crippen LogP contribution is -2.29. The molecule has 1 unspecified atom stereocenters. The molecule has 2 rings (SSSR count). The number of anilines is 1. The zero-order valence-electron chi connectivity index (χ0n) is 11.2. The van der Waals surface area contributed by atoms with E-state index in [1.165, 1.54) is 30.6 Å². The first kappa shape index (κ1) is 12.4. The van der Waals surface area contributed by atoms with Gasteiger partial charge in [-0.05, 0) is 43.5 Å². The van der Waals surface area contributed by atoms with Crippen LogP contribution in [0.3, 0.4) is 0 Å². The summed E-state index contributed by atoms with van der Waals surface area (Å²) in [5, 5.41) is 3.36. The van der Waals surface area contributed by atoms with Crippen molar-refractivity contribution in [1.82, 2.24) is 5.32 Å². The van der Waals surface area contributed by atoms with E-state index < -0.39 is 0 Å². The van der Waals surface area contributed by atoms with Crippen LogP contribution in [-0.4, -0.2) is 26.2 Å². The minimum atomic E-state index is 0.658. The Labute approximate surface area is 105 Å². The van der Waals surface area contributed by atoms with Crippen molar-refractivity contribution in [3.63, 3.8) is 0 Å². The maximum atomic E-state index is 3.36.